The number of dihydropyridines is 1. The molecule has 3 aliphatic rings. The molecule has 142 valence electrons. The van der Waals surface area contributed by atoms with Crippen LogP contribution in [-0.2, 0) is 14.3 Å². The van der Waals surface area contributed by atoms with Crippen LogP contribution in [0.1, 0.15) is 63.4 Å². The largest absolute Gasteiger partial charge is 0.459 e. The quantitative estimate of drug-likeness (QED) is 0.760. The fraction of sp³-hybridized carbons (Fsp3) is 0.455. The van der Waals surface area contributed by atoms with Crippen LogP contribution in [0.15, 0.2) is 46.8 Å². The molecule has 0 amide bonds. The zero-order valence-corrected chi connectivity index (χ0v) is 16.3. The Hall–Kier alpha value is -2.07. The van der Waals surface area contributed by atoms with Gasteiger partial charge in [-0.25, -0.2) is 4.79 Å². The molecule has 0 bridgehead atoms. The van der Waals surface area contributed by atoms with Gasteiger partial charge < -0.3 is 10.1 Å². The Labute approximate surface area is 164 Å². The molecule has 1 aromatic carbocycles. The molecule has 5 heteroatoms. The fourth-order valence-corrected chi connectivity index (χ4v) is 4.74. The van der Waals surface area contributed by atoms with Crippen LogP contribution in [0, 0.1) is 0 Å². The van der Waals surface area contributed by atoms with Gasteiger partial charge in [-0.3, -0.25) is 4.79 Å². The molecule has 1 fully saturated rings. The molecule has 1 saturated carbocycles. The van der Waals surface area contributed by atoms with Crippen molar-refractivity contribution >= 4 is 23.4 Å². The number of benzene rings is 1. The Morgan fingerprint density at radius 1 is 1.15 bits per heavy atom. The topological polar surface area (TPSA) is 55.4 Å². The van der Waals surface area contributed by atoms with Crippen molar-refractivity contribution in [3.63, 3.8) is 0 Å². The van der Waals surface area contributed by atoms with Gasteiger partial charge in [-0.15, -0.1) is 0 Å². The summed E-state index contributed by atoms with van der Waals surface area (Å²) in [5.41, 5.74) is 3.67. The average Bonchev–Trinajstić information content (AvgIpc) is 3.14. The standard InChI is InChI=1S/C22H24ClNO3/c1-13-19(22(26)27-14-7-2-3-8-14)20(15-9-4-5-10-16(15)23)21-17(24-13)11-6-12-18(21)25/h4-5,9-10,14,20,24H,2-3,6-8,11-12H2,1H3. The Kier molecular flexibility index (Phi) is 5.09. The van der Waals surface area contributed by atoms with Gasteiger partial charge in [0.25, 0.3) is 0 Å². The van der Waals surface area contributed by atoms with E-state index in [1.165, 1.54) is 0 Å². The van der Waals surface area contributed by atoms with Crippen LogP contribution in [0.3, 0.4) is 0 Å². The fourth-order valence-electron chi connectivity index (χ4n) is 4.50. The van der Waals surface area contributed by atoms with E-state index in [0.717, 1.165) is 55.5 Å². The number of hydrogen-bond donors (Lipinski definition) is 1. The van der Waals surface area contributed by atoms with Gasteiger partial charge in [0.05, 0.1) is 5.57 Å². The molecule has 1 heterocycles. The summed E-state index contributed by atoms with van der Waals surface area (Å²) in [5, 5.41) is 3.88. The third-order valence-corrected chi connectivity index (χ3v) is 6.13. The highest BCUT2D eigenvalue weighted by molar-refractivity contribution is 6.31. The van der Waals surface area contributed by atoms with Crippen LogP contribution in [0.5, 0.6) is 0 Å². The van der Waals surface area contributed by atoms with Crippen LogP contribution in [0.2, 0.25) is 5.02 Å². The van der Waals surface area contributed by atoms with E-state index in [0.29, 0.717) is 22.6 Å². The SMILES string of the molecule is CC1=C(C(=O)OC2CCCC2)C(c2ccccc2Cl)C2=C(CCCC2=O)N1. The number of carbonyl (C=O) groups is 2. The number of carbonyl (C=O) groups excluding carboxylic acids is 2. The first-order valence-electron chi connectivity index (χ1n) is 9.75. The summed E-state index contributed by atoms with van der Waals surface area (Å²) < 4.78 is 5.81. The van der Waals surface area contributed by atoms with Crippen LogP contribution < -0.4 is 5.32 Å². The number of hydrogen-bond acceptors (Lipinski definition) is 4. The van der Waals surface area contributed by atoms with Gasteiger partial charge in [0.15, 0.2) is 5.78 Å². The molecule has 0 spiro atoms. The van der Waals surface area contributed by atoms with E-state index in [2.05, 4.69) is 5.32 Å². The van der Waals surface area contributed by atoms with Gasteiger partial charge in [-0.1, -0.05) is 29.8 Å². The van der Waals surface area contributed by atoms with E-state index in [1.807, 2.05) is 31.2 Å². The average molecular weight is 386 g/mol. The van der Waals surface area contributed by atoms with Crippen molar-refractivity contribution < 1.29 is 14.3 Å². The van der Waals surface area contributed by atoms with E-state index in [9.17, 15) is 9.59 Å². The summed E-state index contributed by atoms with van der Waals surface area (Å²) in [6.07, 6.45) is 6.13. The van der Waals surface area contributed by atoms with E-state index in [1.54, 1.807) is 0 Å². The summed E-state index contributed by atoms with van der Waals surface area (Å²) in [6.45, 7) is 1.89. The lowest BCUT2D eigenvalue weighted by atomic mass is 9.75. The molecule has 4 nitrogen and oxygen atoms in total. The van der Waals surface area contributed by atoms with Crippen molar-refractivity contribution in [2.45, 2.75) is 63.9 Å². The molecule has 1 aliphatic heterocycles. The number of esters is 1. The number of ketones is 1. The zero-order chi connectivity index (χ0) is 19.0. The first-order valence-corrected chi connectivity index (χ1v) is 10.1. The van der Waals surface area contributed by atoms with Crippen molar-refractivity contribution in [3.05, 3.63) is 57.4 Å². The molecule has 0 aromatic heterocycles. The lowest BCUT2D eigenvalue weighted by Gasteiger charge is -2.34. The summed E-state index contributed by atoms with van der Waals surface area (Å²) >= 11 is 6.50. The highest BCUT2D eigenvalue weighted by Gasteiger charge is 2.40. The number of halogens is 1. The molecule has 1 unspecified atom stereocenters. The first kappa shape index (κ1) is 18.3. The maximum atomic E-state index is 13.1. The van der Waals surface area contributed by atoms with E-state index in [4.69, 9.17) is 16.3 Å². The molecular formula is C22H24ClNO3. The molecule has 27 heavy (non-hydrogen) atoms. The Bertz CT molecular complexity index is 849. The third kappa shape index (κ3) is 3.43. The Balaban J connectivity index is 1.78. The second-order valence-electron chi connectivity index (χ2n) is 7.60. The molecule has 0 radical (unpaired) electrons. The van der Waals surface area contributed by atoms with Crippen molar-refractivity contribution in [1.82, 2.24) is 5.32 Å². The third-order valence-electron chi connectivity index (χ3n) is 5.79. The van der Waals surface area contributed by atoms with Crippen LogP contribution in [0.25, 0.3) is 0 Å². The van der Waals surface area contributed by atoms with Gasteiger partial charge in [0, 0.05) is 34.3 Å². The normalized spacial score (nSPS) is 23.3. The summed E-state index contributed by atoms with van der Waals surface area (Å²) in [5.74, 6) is -0.703. The van der Waals surface area contributed by atoms with E-state index < -0.39 is 5.92 Å². The summed E-state index contributed by atoms with van der Waals surface area (Å²) in [7, 11) is 0. The number of rotatable bonds is 3. The van der Waals surface area contributed by atoms with Crippen LogP contribution in [-0.4, -0.2) is 17.9 Å². The Morgan fingerprint density at radius 2 is 1.89 bits per heavy atom. The maximum Gasteiger partial charge on any atom is 0.337 e. The minimum atomic E-state index is -0.461. The molecule has 1 N–H and O–H groups in total. The molecule has 2 aliphatic carbocycles. The number of nitrogens with one attached hydrogen (secondary N) is 1. The van der Waals surface area contributed by atoms with Gasteiger partial charge in [0.2, 0.25) is 0 Å². The van der Waals surface area contributed by atoms with Crippen molar-refractivity contribution in [2.75, 3.05) is 0 Å². The second kappa shape index (κ2) is 7.51. The summed E-state index contributed by atoms with van der Waals surface area (Å²) in [6, 6.07) is 7.46. The Morgan fingerprint density at radius 3 is 2.63 bits per heavy atom. The predicted octanol–water partition coefficient (Wildman–Crippen LogP) is 4.79. The van der Waals surface area contributed by atoms with E-state index in [-0.39, 0.29) is 17.9 Å². The molecular weight excluding hydrogens is 362 g/mol. The van der Waals surface area contributed by atoms with Gasteiger partial charge >= 0.3 is 5.97 Å². The zero-order valence-electron chi connectivity index (χ0n) is 15.5. The molecule has 4 rings (SSSR count). The molecule has 1 aromatic rings. The summed E-state index contributed by atoms with van der Waals surface area (Å²) in [4.78, 5) is 26.0. The van der Waals surface area contributed by atoms with Gasteiger partial charge in [0.1, 0.15) is 6.10 Å². The minimum absolute atomic E-state index is 0.0258. The van der Waals surface area contributed by atoms with Crippen molar-refractivity contribution in [3.8, 4) is 0 Å². The van der Waals surface area contributed by atoms with E-state index >= 15 is 0 Å². The van der Waals surface area contributed by atoms with Gasteiger partial charge in [-0.2, -0.15) is 0 Å². The van der Waals surface area contributed by atoms with Crippen LogP contribution in [0.4, 0.5) is 0 Å². The second-order valence-corrected chi connectivity index (χ2v) is 8.01. The minimum Gasteiger partial charge on any atom is -0.459 e. The van der Waals surface area contributed by atoms with Crippen molar-refractivity contribution in [1.29, 1.82) is 0 Å². The molecule has 1 atom stereocenters. The van der Waals surface area contributed by atoms with Crippen LogP contribution >= 0.6 is 11.6 Å². The smallest absolute Gasteiger partial charge is 0.337 e. The van der Waals surface area contributed by atoms with Crippen molar-refractivity contribution in [2.24, 2.45) is 0 Å². The number of Topliss-reactive ketones (excluding diaryl/α,β-unsaturated/α-hetero) is 1. The number of ether oxygens (including phenoxy) is 1. The number of allylic oxidation sites excluding steroid dienone is 3. The predicted molar refractivity (Wildman–Crippen MR) is 104 cm³/mol. The first-order chi connectivity index (χ1) is 13.1. The highest BCUT2D eigenvalue weighted by atomic mass is 35.5. The highest BCUT2D eigenvalue weighted by Crippen LogP contribution is 2.44. The lowest BCUT2D eigenvalue weighted by Crippen LogP contribution is -2.35. The monoisotopic (exact) mass is 385 g/mol. The lowest BCUT2D eigenvalue weighted by molar-refractivity contribution is -0.144. The molecule has 0 saturated heterocycles. The maximum absolute atomic E-state index is 13.1. The van der Waals surface area contributed by atoms with Gasteiger partial charge in [-0.05, 0) is 57.1 Å².